The summed E-state index contributed by atoms with van der Waals surface area (Å²) in [7, 11) is 0. The third-order valence-corrected chi connectivity index (χ3v) is 2.53. The first-order valence-corrected chi connectivity index (χ1v) is 4.34. The van der Waals surface area contributed by atoms with Crippen molar-refractivity contribution < 1.29 is 4.74 Å². The second kappa shape index (κ2) is 2.82. The van der Waals surface area contributed by atoms with E-state index in [0.717, 1.165) is 12.8 Å². The lowest BCUT2D eigenvalue weighted by molar-refractivity contribution is 0.0257. The summed E-state index contributed by atoms with van der Waals surface area (Å²) >= 11 is 0. The molecule has 2 fully saturated rings. The molecule has 2 bridgehead atoms. The molecule has 0 aromatic rings. The van der Waals surface area contributed by atoms with Crippen molar-refractivity contribution in [1.29, 1.82) is 0 Å². The normalized spacial score (nSPS) is 35.5. The van der Waals surface area contributed by atoms with Gasteiger partial charge in [0.25, 0.3) is 0 Å². The van der Waals surface area contributed by atoms with Crippen LogP contribution in [0.2, 0.25) is 0 Å². The summed E-state index contributed by atoms with van der Waals surface area (Å²) < 4.78 is 5.70. The zero-order chi connectivity index (χ0) is 7.68. The van der Waals surface area contributed by atoms with Gasteiger partial charge in [-0.1, -0.05) is 24.3 Å². The minimum Gasteiger partial charge on any atom is -0.374 e. The molecule has 2 aliphatic heterocycles. The number of rotatable bonds is 1. The van der Waals surface area contributed by atoms with Crippen LogP contribution in [0.3, 0.4) is 0 Å². The maximum absolute atomic E-state index is 5.70. The van der Waals surface area contributed by atoms with Crippen molar-refractivity contribution >= 4 is 0 Å². The van der Waals surface area contributed by atoms with Crippen molar-refractivity contribution in [2.24, 2.45) is 0 Å². The van der Waals surface area contributed by atoms with Gasteiger partial charge in [-0.2, -0.15) is 0 Å². The number of hydrogen-bond acceptors (Lipinski definition) is 1. The van der Waals surface area contributed by atoms with Crippen LogP contribution in [-0.2, 0) is 4.74 Å². The Morgan fingerprint density at radius 1 is 1.27 bits per heavy atom. The molecule has 0 spiro atoms. The molecule has 1 nitrogen and oxygen atoms in total. The van der Waals surface area contributed by atoms with Crippen LogP contribution in [0.5, 0.6) is 0 Å². The molecule has 0 amide bonds. The molecule has 0 aliphatic carbocycles. The quantitative estimate of drug-likeness (QED) is 0.558. The Bertz CT molecular complexity index is 179. The van der Waals surface area contributed by atoms with E-state index in [-0.39, 0.29) is 0 Å². The number of fused-ring (bicyclic) bond motifs is 2. The highest BCUT2D eigenvalue weighted by Gasteiger charge is 2.31. The molecule has 60 valence electrons. The highest BCUT2D eigenvalue weighted by atomic mass is 16.5. The van der Waals surface area contributed by atoms with Gasteiger partial charge in [0.15, 0.2) is 0 Å². The summed E-state index contributed by atoms with van der Waals surface area (Å²) in [6, 6.07) is 0. The smallest absolute Gasteiger partial charge is 0.0617 e. The van der Waals surface area contributed by atoms with Gasteiger partial charge < -0.3 is 4.74 Å². The second-order valence-electron chi connectivity index (χ2n) is 3.43. The molecule has 2 atom stereocenters. The van der Waals surface area contributed by atoms with Gasteiger partial charge in [-0.3, -0.25) is 0 Å². The van der Waals surface area contributed by atoms with Gasteiger partial charge in [-0.15, -0.1) is 0 Å². The number of hydrogen-bond donors (Lipinski definition) is 0. The van der Waals surface area contributed by atoms with Gasteiger partial charge in [0.1, 0.15) is 0 Å². The molecule has 2 unspecified atom stereocenters. The minimum absolute atomic E-state index is 0.528. The Morgan fingerprint density at radius 3 is 2.45 bits per heavy atom. The number of ether oxygens (including phenoxy) is 1. The van der Waals surface area contributed by atoms with Crippen molar-refractivity contribution in [3.63, 3.8) is 0 Å². The highest BCUT2D eigenvalue weighted by Crippen LogP contribution is 2.35. The molecule has 11 heavy (non-hydrogen) atoms. The fourth-order valence-electron chi connectivity index (χ4n) is 2.05. The summed E-state index contributed by atoms with van der Waals surface area (Å²) in [6.07, 6.45) is 9.90. The molecule has 2 saturated heterocycles. The third kappa shape index (κ3) is 1.38. The SMILES string of the molecule is C=CC=C1CC2CCC(C1)O2. The molecule has 0 saturated carbocycles. The maximum atomic E-state index is 5.70. The molecular formula is C10H14O. The second-order valence-corrected chi connectivity index (χ2v) is 3.43. The predicted molar refractivity (Wildman–Crippen MR) is 45.4 cm³/mol. The fourth-order valence-corrected chi connectivity index (χ4v) is 2.05. The molecule has 2 heterocycles. The molecule has 0 aromatic heterocycles. The van der Waals surface area contributed by atoms with Crippen molar-refractivity contribution in [2.75, 3.05) is 0 Å². The van der Waals surface area contributed by atoms with Crippen LogP contribution in [0, 0.1) is 0 Å². The van der Waals surface area contributed by atoms with Crippen LogP contribution in [0.4, 0.5) is 0 Å². The average Bonchev–Trinajstić information content (AvgIpc) is 2.32. The molecule has 0 N–H and O–H groups in total. The molecule has 0 radical (unpaired) electrons. The zero-order valence-corrected chi connectivity index (χ0v) is 6.75. The lowest BCUT2D eigenvalue weighted by Crippen LogP contribution is -2.18. The van der Waals surface area contributed by atoms with Gasteiger partial charge in [-0.05, 0) is 25.7 Å². The van der Waals surface area contributed by atoms with Crippen LogP contribution in [0.15, 0.2) is 24.3 Å². The van der Waals surface area contributed by atoms with E-state index in [1.165, 1.54) is 18.4 Å². The van der Waals surface area contributed by atoms with Crippen molar-refractivity contribution in [3.8, 4) is 0 Å². The van der Waals surface area contributed by atoms with E-state index in [0.29, 0.717) is 12.2 Å². The lowest BCUT2D eigenvalue weighted by atomic mass is 10.0. The Labute approximate surface area is 67.7 Å². The van der Waals surface area contributed by atoms with E-state index in [9.17, 15) is 0 Å². The molecule has 2 aliphatic rings. The first-order chi connectivity index (χ1) is 5.38. The van der Waals surface area contributed by atoms with Crippen molar-refractivity contribution in [1.82, 2.24) is 0 Å². The van der Waals surface area contributed by atoms with Crippen LogP contribution >= 0.6 is 0 Å². The van der Waals surface area contributed by atoms with Gasteiger partial charge in [0.2, 0.25) is 0 Å². The molecule has 0 aromatic carbocycles. The summed E-state index contributed by atoms with van der Waals surface area (Å²) in [4.78, 5) is 0. The predicted octanol–water partition coefficient (Wildman–Crippen LogP) is 2.44. The minimum atomic E-state index is 0.528. The first-order valence-electron chi connectivity index (χ1n) is 4.34. The Balaban J connectivity index is 2.07. The van der Waals surface area contributed by atoms with E-state index in [4.69, 9.17) is 4.74 Å². The van der Waals surface area contributed by atoms with E-state index in [1.54, 1.807) is 0 Å². The van der Waals surface area contributed by atoms with Crippen LogP contribution in [0.25, 0.3) is 0 Å². The lowest BCUT2D eigenvalue weighted by Gasteiger charge is -2.22. The van der Waals surface area contributed by atoms with Crippen LogP contribution in [0.1, 0.15) is 25.7 Å². The number of allylic oxidation sites excluding steroid dienone is 2. The van der Waals surface area contributed by atoms with Gasteiger partial charge in [0, 0.05) is 0 Å². The largest absolute Gasteiger partial charge is 0.374 e. The van der Waals surface area contributed by atoms with E-state index < -0.39 is 0 Å². The molecule has 1 heteroatoms. The van der Waals surface area contributed by atoms with E-state index >= 15 is 0 Å². The summed E-state index contributed by atoms with van der Waals surface area (Å²) in [5.74, 6) is 0. The van der Waals surface area contributed by atoms with Gasteiger partial charge >= 0.3 is 0 Å². The summed E-state index contributed by atoms with van der Waals surface area (Å²) in [5.41, 5.74) is 1.53. The van der Waals surface area contributed by atoms with Crippen LogP contribution in [-0.4, -0.2) is 12.2 Å². The molecule has 2 rings (SSSR count). The Morgan fingerprint density at radius 2 is 1.91 bits per heavy atom. The first kappa shape index (κ1) is 7.11. The van der Waals surface area contributed by atoms with E-state index in [1.807, 2.05) is 6.08 Å². The van der Waals surface area contributed by atoms with Crippen LogP contribution < -0.4 is 0 Å². The highest BCUT2D eigenvalue weighted by molar-refractivity contribution is 5.15. The third-order valence-electron chi connectivity index (χ3n) is 2.53. The summed E-state index contributed by atoms with van der Waals surface area (Å²) in [5, 5.41) is 0. The standard InChI is InChI=1S/C10H14O/c1-2-3-8-6-9-4-5-10(7-8)11-9/h2-3,9-10H,1,4-7H2. The zero-order valence-electron chi connectivity index (χ0n) is 6.75. The van der Waals surface area contributed by atoms with Crippen molar-refractivity contribution in [2.45, 2.75) is 37.9 Å². The molecular weight excluding hydrogens is 136 g/mol. The fraction of sp³-hybridized carbons (Fsp3) is 0.600. The van der Waals surface area contributed by atoms with Gasteiger partial charge in [-0.25, -0.2) is 0 Å². The monoisotopic (exact) mass is 150 g/mol. The van der Waals surface area contributed by atoms with E-state index in [2.05, 4.69) is 12.7 Å². The maximum Gasteiger partial charge on any atom is 0.0617 e. The topological polar surface area (TPSA) is 9.23 Å². The average molecular weight is 150 g/mol. The Kier molecular flexibility index (Phi) is 1.82. The Hall–Kier alpha value is -0.560. The van der Waals surface area contributed by atoms with Crippen molar-refractivity contribution in [3.05, 3.63) is 24.3 Å². The van der Waals surface area contributed by atoms with Gasteiger partial charge in [0.05, 0.1) is 12.2 Å². The summed E-state index contributed by atoms with van der Waals surface area (Å²) in [6.45, 7) is 3.71.